The summed E-state index contributed by atoms with van der Waals surface area (Å²) < 4.78 is 6.33. The number of nitrogens with zero attached hydrogens (tertiary/aromatic N) is 1. The molecule has 0 amide bonds. The highest BCUT2D eigenvalue weighted by Gasteiger charge is 2.20. The van der Waals surface area contributed by atoms with Crippen molar-refractivity contribution in [1.29, 1.82) is 0 Å². The van der Waals surface area contributed by atoms with Crippen LogP contribution in [0.2, 0.25) is 0 Å². The average Bonchev–Trinajstić information content (AvgIpc) is 3.59. The topological polar surface area (TPSA) is 16.4 Å². The fourth-order valence-electron chi connectivity index (χ4n) is 7.64. The van der Waals surface area contributed by atoms with Crippen molar-refractivity contribution in [2.75, 3.05) is 4.90 Å². The van der Waals surface area contributed by atoms with Crippen LogP contribution in [-0.2, 0) is 0 Å². The first-order valence-electron chi connectivity index (χ1n) is 17.8. The number of hydrogen-bond acceptors (Lipinski definition) is 2. The SMILES string of the molecule is c1ccc(N(c2ccc(-c3ccc(-c4ccc5ccccc5c4)cc3)cc2)c2cccc3ccccc23)c(-c2ccc3c(c2)oc2ccccc23)c1. The van der Waals surface area contributed by atoms with E-state index in [-0.39, 0.29) is 0 Å². The zero-order valence-corrected chi connectivity index (χ0v) is 28.4. The molecule has 0 aliphatic heterocycles. The van der Waals surface area contributed by atoms with E-state index in [1.165, 1.54) is 43.8 Å². The molecule has 1 heterocycles. The van der Waals surface area contributed by atoms with Crippen molar-refractivity contribution in [2.24, 2.45) is 0 Å². The number of rotatable bonds is 6. The molecular weight excluding hydrogens is 631 g/mol. The molecule has 0 radical (unpaired) electrons. The molecular formula is C50H33NO. The van der Waals surface area contributed by atoms with Crippen molar-refractivity contribution < 1.29 is 4.42 Å². The lowest BCUT2D eigenvalue weighted by atomic mass is 9.97. The molecule has 2 heteroatoms. The molecule has 0 N–H and O–H groups in total. The van der Waals surface area contributed by atoms with Gasteiger partial charge in [0.15, 0.2) is 0 Å². The van der Waals surface area contributed by atoms with Gasteiger partial charge in [0.1, 0.15) is 11.2 Å². The van der Waals surface area contributed by atoms with Crippen molar-refractivity contribution in [1.82, 2.24) is 0 Å². The Morgan fingerprint density at radius 2 is 0.865 bits per heavy atom. The summed E-state index contributed by atoms with van der Waals surface area (Å²) in [6.07, 6.45) is 0. The largest absolute Gasteiger partial charge is 0.456 e. The van der Waals surface area contributed by atoms with Gasteiger partial charge in [0, 0.05) is 27.4 Å². The van der Waals surface area contributed by atoms with Gasteiger partial charge in [-0.1, -0.05) is 152 Å². The van der Waals surface area contributed by atoms with Gasteiger partial charge in [-0.25, -0.2) is 0 Å². The molecule has 0 aliphatic carbocycles. The van der Waals surface area contributed by atoms with Gasteiger partial charge < -0.3 is 9.32 Å². The van der Waals surface area contributed by atoms with Crippen molar-refractivity contribution in [3.63, 3.8) is 0 Å². The van der Waals surface area contributed by atoms with Crippen molar-refractivity contribution in [3.8, 4) is 33.4 Å². The molecule has 0 unspecified atom stereocenters. The van der Waals surface area contributed by atoms with Crippen LogP contribution in [0.15, 0.2) is 205 Å². The van der Waals surface area contributed by atoms with Crippen LogP contribution < -0.4 is 4.90 Å². The number of para-hydroxylation sites is 2. The van der Waals surface area contributed by atoms with Crippen molar-refractivity contribution in [3.05, 3.63) is 200 Å². The van der Waals surface area contributed by atoms with Crippen LogP contribution in [0.25, 0.3) is 76.9 Å². The summed E-state index contributed by atoms with van der Waals surface area (Å²) in [5.74, 6) is 0. The second-order valence-electron chi connectivity index (χ2n) is 13.3. The zero-order chi connectivity index (χ0) is 34.4. The Labute approximate surface area is 302 Å². The van der Waals surface area contributed by atoms with E-state index in [1.54, 1.807) is 0 Å². The first-order valence-corrected chi connectivity index (χ1v) is 17.8. The first-order chi connectivity index (χ1) is 25.8. The van der Waals surface area contributed by atoms with Gasteiger partial charge in [0.2, 0.25) is 0 Å². The van der Waals surface area contributed by atoms with E-state index in [0.29, 0.717) is 0 Å². The number of anilines is 3. The minimum atomic E-state index is 0.890. The third-order valence-corrected chi connectivity index (χ3v) is 10.3. The molecule has 0 spiro atoms. The number of furan rings is 1. The third kappa shape index (κ3) is 5.21. The number of hydrogen-bond donors (Lipinski definition) is 0. The van der Waals surface area contributed by atoms with E-state index in [0.717, 1.165) is 50.1 Å². The highest BCUT2D eigenvalue weighted by atomic mass is 16.3. The van der Waals surface area contributed by atoms with E-state index in [1.807, 2.05) is 12.1 Å². The van der Waals surface area contributed by atoms with E-state index in [4.69, 9.17) is 4.42 Å². The second-order valence-corrected chi connectivity index (χ2v) is 13.3. The van der Waals surface area contributed by atoms with E-state index < -0.39 is 0 Å². The molecule has 0 saturated heterocycles. The molecule has 0 atom stereocenters. The Bertz CT molecular complexity index is 2890. The Morgan fingerprint density at radius 3 is 1.69 bits per heavy atom. The van der Waals surface area contributed by atoms with Crippen molar-refractivity contribution >= 4 is 60.5 Å². The monoisotopic (exact) mass is 663 g/mol. The van der Waals surface area contributed by atoms with Crippen LogP contribution in [-0.4, -0.2) is 0 Å². The Morgan fingerprint density at radius 1 is 0.308 bits per heavy atom. The summed E-state index contributed by atoms with van der Waals surface area (Å²) in [4.78, 5) is 2.40. The first kappa shape index (κ1) is 30.0. The molecule has 52 heavy (non-hydrogen) atoms. The summed E-state index contributed by atoms with van der Waals surface area (Å²) in [6.45, 7) is 0. The smallest absolute Gasteiger partial charge is 0.136 e. The van der Waals surface area contributed by atoms with Gasteiger partial charge in [-0.2, -0.15) is 0 Å². The van der Waals surface area contributed by atoms with E-state index in [2.05, 4.69) is 193 Å². The summed E-state index contributed by atoms with van der Waals surface area (Å²) >= 11 is 0. The average molecular weight is 664 g/mol. The van der Waals surface area contributed by atoms with Crippen LogP contribution in [0.4, 0.5) is 17.1 Å². The quantitative estimate of drug-likeness (QED) is 0.176. The summed E-state index contributed by atoms with van der Waals surface area (Å²) in [6, 6.07) is 71.8. The van der Waals surface area contributed by atoms with Gasteiger partial charge in [-0.05, 0) is 92.5 Å². The highest BCUT2D eigenvalue weighted by Crippen LogP contribution is 2.44. The van der Waals surface area contributed by atoms with Crippen LogP contribution in [0, 0.1) is 0 Å². The third-order valence-electron chi connectivity index (χ3n) is 10.3. The van der Waals surface area contributed by atoms with Gasteiger partial charge in [0.25, 0.3) is 0 Å². The molecule has 244 valence electrons. The normalized spacial score (nSPS) is 11.5. The van der Waals surface area contributed by atoms with Gasteiger partial charge in [0.05, 0.1) is 11.4 Å². The summed E-state index contributed by atoms with van der Waals surface area (Å²) in [5.41, 5.74) is 12.2. The molecule has 2 nitrogen and oxygen atoms in total. The lowest BCUT2D eigenvalue weighted by Gasteiger charge is -2.29. The Hall–Kier alpha value is -6.90. The fourth-order valence-corrected chi connectivity index (χ4v) is 7.64. The molecule has 9 aromatic carbocycles. The minimum absolute atomic E-state index is 0.890. The van der Waals surface area contributed by atoms with Crippen LogP contribution in [0.5, 0.6) is 0 Å². The molecule has 0 aliphatic rings. The van der Waals surface area contributed by atoms with Crippen molar-refractivity contribution in [2.45, 2.75) is 0 Å². The number of fused-ring (bicyclic) bond motifs is 5. The fraction of sp³-hybridized carbons (Fsp3) is 0. The minimum Gasteiger partial charge on any atom is -0.456 e. The van der Waals surface area contributed by atoms with Gasteiger partial charge >= 0.3 is 0 Å². The molecule has 0 bridgehead atoms. The Kier molecular flexibility index (Phi) is 7.18. The molecule has 1 aromatic heterocycles. The Balaban J connectivity index is 1.06. The molecule has 0 saturated carbocycles. The van der Waals surface area contributed by atoms with Crippen LogP contribution in [0.3, 0.4) is 0 Å². The van der Waals surface area contributed by atoms with E-state index in [9.17, 15) is 0 Å². The maximum absolute atomic E-state index is 6.33. The highest BCUT2D eigenvalue weighted by molar-refractivity contribution is 6.07. The van der Waals surface area contributed by atoms with Crippen LogP contribution >= 0.6 is 0 Å². The number of benzene rings is 9. The maximum atomic E-state index is 6.33. The molecule has 10 aromatic rings. The predicted molar refractivity (Wildman–Crippen MR) is 220 cm³/mol. The predicted octanol–water partition coefficient (Wildman–Crippen LogP) is 14.4. The summed E-state index contributed by atoms with van der Waals surface area (Å²) in [5, 5.41) is 7.18. The summed E-state index contributed by atoms with van der Waals surface area (Å²) in [7, 11) is 0. The van der Waals surface area contributed by atoms with E-state index >= 15 is 0 Å². The lowest BCUT2D eigenvalue weighted by molar-refractivity contribution is 0.669. The maximum Gasteiger partial charge on any atom is 0.136 e. The van der Waals surface area contributed by atoms with Gasteiger partial charge in [-0.3, -0.25) is 0 Å². The standard InChI is InChI=1S/C50H33NO/c1-2-12-39-32-40(25-24-34(39)10-1)37-22-20-35(21-23-37)36-26-29-42(30-27-36)51(48-18-9-13-38-11-3-4-14-43(38)48)47-17-7-5-15-44(47)41-28-31-46-45-16-6-8-19-49(45)52-50(46)33-41/h1-33H. The molecule has 10 rings (SSSR count). The van der Waals surface area contributed by atoms with Crippen LogP contribution in [0.1, 0.15) is 0 Å². The zero-order valence-electron chi connectivity index (χ0n) is 28.4. The lowest BCUT2D eigenvalue weighted by Crippen LogP contribution is -2.11. The van der Waals surface area contributed by atoms with Gasteiger partial charge in [-0.15, -0.1) is 0 Å². The second kappa shape index (κ2) is 12.5. The molecule has 0 fully saturated rings.